The highest BCUT2D eigenvalue weighted by atomic mass is 15.4. The molecule has 2 heterocycles. The first-order valence-electron chi connectivity index (χ1n) is 6.54. The zero-order valence-electron chi connectivity index (χ0n) is 11.8. The molecule has 1 fully saturated rings. The molecule has 1 saturated heterocycles. The van der Waals surface area contributed by atoms with Crippen LogP contribution in [0.4, 0.5) is 0 Å². The van der Waals surface area contributed by atoms with Gasteiger partial charge in [0.1, 0.15) is 0 Å². The lowest BCUT2D eigenvalue weighted by atomic mass is 10.0. The normalized spacial score (nSPS) is 25.0. The number of hydrogen-bond donors (Lipinski definition) is 1. The van der Waals surface area contributed by atoms with Crippen molar-refractivity contribution in [1.82, 2.24) is 30.1 Å². The zero-order valence-corrected chi connectivity index (χ0v) is 11.8. The number of rotatable bonds is 3. The van der Waals surface area contributed by atoms with Crippen molar-refractivity contribution in [3.8, 4) is 0 Å². The Kier molecular flexibility index (Phi) is 4.31. The first-order chi connectivity index (χ1) is 8.63. The van der Waals surface area contributed by atoms with Crippen LogP contribution in [0.15, 0.2) is 6.20 Å². The maximum atomic E-state index is 4.04. The van der Waals surface area contributed by atoms with Crippen molar-refractivity contribution in [1.29, 1.82) is 0 Å². The molecule has 2 unspecified atom stereocenters. The highest BCUT2D eigenvalue weighted by Crippen LogP contribution is 2.21. The van der Waals surface area contributed by atoms with E-state index in [0.29, 0.717) is 6.04 Å². The monoisotopic (exact) mass is 252 g/mol. The van der Waals surface area contributed by atoms with Crippen LogP contribution >= 0.6 is 0 Å². The predicted octanol–water partition coefficient (Wildman–Crippen LogP) is -0.288. The molecule has 0 bridgehead atoms. The standard InChI is InChI=1S/C12H24N6/c1-13-12(10-8-14-15-18(10)4)11-9-16(2)6-5-7-17(11)3/h8,11-13H,5-7,9H2,1-4H3. The van der Waals surface area contributed by atoms with Crippen molar-refractivity contribution in [3.05, 3.63) is 11.9 Å². The fourth-order valence-corrected chi connectivity index (χ4v) is 2.78. The molecule has 1 aliphatic rings. The van der Waals surface area contributed by atoms with Crippen LogP contribution < -0.4 is 5.32 Å². The Morgan fingerprint density at radius 3 is 2.72 bits per heavy atom. The van der Waals surface area contributed by atoms with Crippen LogP contribution in [0.2, 0.25) is 0 Å². The van der Waals surface area contributed by atoms with Gasteiger partial charge in [0.2, 0.25) is 0 Å². The molecule has 0 saturated carbocycles. The summed E-state index contributed by atoms with van der Waals surface area (Å²) in [6, 6.07) is 0.704. The van der Waals surface area contributed by atoms with E-state index in [0.717, 1.165) is 18.8 Å². The van der Waals surface area contributed by atoms with E-state index >= 15 is 0 Å². The van der Waals surface area contributed by atoms with Crippen LogP contribution in [0.3, 0.4) is 0 Å². The Hall–Kier alpha value is -0.980. The molecule has 102 valence electrons. The summed E-state index contributed by atoms with van der Waals surface area (Å²) in [6.45, 7) is 3.37. The highest BCUT2D eigenvalue weighted by Gasteiger charge is 2.30. The predicted molar refractivity (Wildman–Crippen MR) is 71.3 cm³/mol. The third-order valence-electron chi connectivity index (χ3n) is 3.88. The molecule has 1 aromatic rings. The maximum absolute atomic E-state index is 4.04. The van der Waals surface area contributed by atoms with Gasteiger partial charge in [-0.05, 0) is 40.7 Å². The number of aromatic nitrogens is 3. The van der Waals surface area contributed by atoms with Crippen molar-refractivity contribution in [2.75, 3.05) is 40.8 Å². The van der Waals surface area contributed by atoms with Gasteiger partial charge in [0.05, 0.1) is 17.9 Å². The van der Waals surface area contributed by atoms with Crippen LogP contribution in [0.25, 0.3) is 0 Å². The second-order valence-corrected chi connectivity index (χ2v) is 5.21. The Bertz CT molecular complexity index is 376. The summed E-state index contributed by atoms with van der Waals surface area (Å²) in [6.07, 6.45) is 3.09. The first-order valence-corrected chi connectivity index (χ1v) is 6.54. The largest absolute Gasteiger partial charge is 0.310 e. The van der Waals surface area contributed by atoms with Gasteiger partial charge in [-0.1, -0.05) is 5.21 Å². The second kappa shape index (κ2) is 5.77. The van der Waals surface area contributed by atoms with Crippen molar-refractivity contribution >= 4 is 0 Å². The second-order valence-electron chi connectivity index (χ2n) is 5.21. The van der Waals surface area contributed by atoms with Gasteiger partial charge >= 0.3 is 0 Å². The number of hydrogen-bond acceptors (Lipinski definition) is 5. The molecule has 0 spiro atoms. The summed E-state index contributed by atoms with van der Waals surface area (Å²) < 4.78 is 1.86. The van der Waals surface area contributed by atoms with Crippen molar-refractivity contribution in [2.24, 2.45) is 7.05 Å². The van der Waals surface area contributed by atoms with E-state index in [4.69, 9.17) is 0 Å². The molecule has 1 aliphatic heterocycles. The van der Waals surface area contributed by atoms with Gasteiger partial charge in [0, 0.05) is 19.6 Å². The number of aryl methyl sites for hydroxylation is 1. The van der Waals surface area contributed by atoms with Crippen LogP contribution in [0.5, 0.6) is 0 Å². The molecule has 0 aromatic carbocycles. The summed E-state index contributed by atoms with van der Waals surface area (Å²) in [5, 5.41) is 11.5. The molecule has 1 aromatic heterocycles. The van der Waals surface area contributed by atoms with Crippen LogP contribution in [0, 0.1) is 0 Å². The average Bonchev–Trinajstić information content (AvgIpc) is 2.67. The summed E-state index contributed by atoms with van der Waals surface area (Å²) in [4.78, 5) is 4.85. The number of nitrogens with zero attached hydrogens (tertiary/aromatic N) is 5. The quantitative estimate of drug-likeness (QED) is 0.801. The van der Waals surface area contributed by atoms with E-state index in [1.807, 2.05) is 25.0 Å². The summed E-state index contributed by atoms with van der Waals surface area (Å²) in [7, 11) is 8.36. The molecule has 0 aliphatic carbocycles. The molecule has 0 amide bonds. The molecule has 1 N–H and O–H groups in total. The zero-order chi connectivity index (χ0) is 13.1. The Balaban J connectivity index is 2.22. The Morgan fingerprint density at radius 2 is 2.11 bits per heavy atom. The van der Waals surface area contributed by atoms with Crippen molar-refractivity contribution in [3.63, 3.8) is 0 Å². The molecule has 6 heteroatoms. The van der Waals surface area contributed by atoms with Crippen LogP contribution in [-0.2, 0) is 7.05 Å². The molecule has 2 atom stereocenters. The van der Waals surface area contributed by atoms with Gasteiger partial charge in [-0.25, -0.2) is 0 Å². The van der Waals surface area contributed by atoms with E-state index < -0.39 is 0 Å². The minimum atomic E-state index is 0.260. The van der Waals surface area contributed by atoms with E-state index in [-0.39, 0.29) is 6.04 Å². The molecule has 6 nitrogen and oxygen atoms in total. The minimum absolute atomic E-state index is 0.260. The lowest BCUT2D eigenvalue weighted by Crippen LogP contribution is -2.46. The summed E-state index contributed by atoms with van der Waals surface area (Å²) in [5.41, 5.74) is 1.14. The van der Waals surface area contributed by atoms with Gasteiger partial charge in [-0.3, -0.25) is 4.68 Å². The van der Waals surface area contributed by atoms with Crippen molar-refractivity contribution in [2.45, 2.75) is 18.5 Å². The van der Waals surface area contributed by atoms with E-state index in [1.54, 1.807) is 0 Å². The van der Waals surface area contributed by atoms with Crippen molar-refractivity contribution < 1.29 is 0 Å². The number of likely N-dealkylation sites (N-methyl/N-ethyl adjacent to an activating group) is 3. The smallest absolute Gasteiger partial charge is 0.0769 e. The fourth-order valence-electron chi connectivity index (χ4n) is 2.78. The first kappa shape index (κ1) is 13.5. The summed E-state index contributed by atoms with van der Waals surface area (Å²) >= 11 is 0. The van der Waals surface area contributed by atoms with Gasteiger partial charge in [-0.2, -0.15) is 0 Å². The van der Waals surface area contributed by atoms with Gasteiger partial charge in [0.25, 0.3) is 0 Å². The van der Waals surface area contributed by atoms with E-state index in [9.17, 15) is 0 Å². The Labute approximate surface area is 109 Å². The third kappa shape index (κ3) is 2.71. The van der Waals surface area contributed by atoms with Crippen LogP contribution in [0.1, 0.15) is 18.2 Å². The summed E-state index contributed by atoms with van der Waals surface area (Å²) in [5.74, 6) is 0. The molecule has 18 heavy (non-hydrogen) atoms. The lowest BCUT2D eigenvalue weighted by Gasteiger charge is -2.34. The fraction of sp³-hybridized carbons (Fsp3) is 0.833. The third-order valence-corrected chi connectivity index (χ3v) is 3.88. The lowest BCUT2D eigenvalue weighted by molar-refractivity contribution is 0.178. The highest BCUT2D eigenvalue weighted by molar-refractivity contribution is 5.07. The van der Waals surface area contributed by atoms with Gasteiger partial charge in [0.15, 0.2) is 0 Å². The van der Waals surface area contributed by atoms with Gasteiger partial charge < -0.3 is 15.1 Å². The minimum Gasteiger partial charge on any atom is -0.310 e. The van der Waals surface area contributed by atoms with E-state index in [1.165, 1.54) is 13.0 Å². The van der Waals surface area contributed by atoms with Gasteiger partial charge in [-0.15, -0.1) is 5.10 Å². The maximum Gasteiger partial charge on any atom is 0.0769 e. The topological polar surface area (TPSA) is 49.2 Å². The average molecular weight is 252 g/mol. The van der Waals surface area contributed by atoms with E-state index in [2.05, 4.69) is 39.5 Å². The molecule has 0 radical (unpaired) electrons. The SMILES string of the molecule is CNC(c1cnnn1C)C1CN(C)CCCN1C. The molecular formula is C12H24N6. The molecular weight excluding hydrogens is 228 g/mol. The number of nitrogens with one attached hydrogen (secondary N) is 1. The Morgan fingerprint density at radius 1 is 1.33 bits per heavy atom. The molecule has 2 rings (SSSR count). The van der Waals surface area contributed by atoms with Crippen LogP contribution in [-0.4, -0.2) is 71.6 Å².